The van der Waals surface area contributed by atoms with Gasteiger partial charge in [-0.15, -0.1) is 11.3 Å². The van der Waals surface area contributed by atoms with E-state index in [0.717, 1.165) is 30.6 Å². The van der Waals surface area contributed by atoms with Gasteiger partial charge in [-0.25, -0.2) is 9.97 Å². The molecular weight excluding hydrogens is 438 g/mol. The average Bonchev–Trinajstić information content (AvgIpc) is 3.09. The largest absolute Gasteiger partial charge is 0.338 e. The number of halogens is 1. The third-order valence-corrected chi connectivity index (χ3v) is 6.94. The number of pyridine rings is 1. The molecule has 162 valence electrons. The van der Waals surface area contributed by atoms with Crippen LogP contribution in [0.5, 0.6) is 0 Å². The number of rotatable bonds is 4. The minimum Gasteiger partial charge on any atom is -0.338 e. The number of nitrogens with one attached hydrogen (secondary N) is 1. The van der Waals surface area contributed by atoms with Crippen LogP contribution in [0.1, 0.15) is 41.4 Å². The number of nitrogens with zero attached hydrogens (tertiary/aromatic N) is 4. The fourth-order valence-corrected chi connectivity index (χ4v) is 4.96. The van der Waals surface area contributed by atoms with Crippen LogP contribution in [0.2, 0.25) is 5.02 Å². The first kappa shape index (κ1) is 21.5. The Labute approximate surface area is 187 Å². The molecule has 1 unspecified atom stereocenters. The number of carbonyl (C=O) groups excluding carboxylic acids is 2. The normalized spacial score (nSPS) is 16.5. The van der Waals surface area contributed by atoms with Crippen LogP contribution in [0.4, 0.5) is 5.82 Å². The summed E-state index contributed by atoms with van der Waals surface area (Å²) in [5.41, 5.74) is 0.220. The second kappa shape index (κ2) is 8.76. The lowest BCUT2D eigenvalue weighted by molar-refractivity contribution is -0.135. The molecule has 1 fully saturated rings. The number of carbonyl (C=O) groups is 2. The number of amides is 2. The van der Waals surface area contributed by atoms with Crippen LogP contribution in [-0.4, -0.2) is 43.8 Å². The highest BCUT2D eigenvalue weighted by Crippen LogP contribution is 2.27. The topological polar surface area (TPSA) is 97.2 Å². The zero-order valence-electron chi connectivity index (χ0n) is 17.2. The Morgan fingerprint density at radius 1 is 1.29 bits per heavy atom. The number of likely N-dealkylation sites (tertiary alicyclic amines) is 1. The van der Waals surface area contributed by atoms with E-state index in [1.807, 2.05) is 11.8 Å². The highest BCUT2D eigenvalue weighted by molar-refractivity contribution is 7.20. The summed E-state index contributed by atoms with van der Waals surface area (Å²) in [6.45, 7) is 4.40. The van der Waals surface area contributed by atoms with Gasteiger partial charge in [-0.1, -0.05) is 11.6 Å². The minimum atomic E-state index is -0.375. The van der Waals surface area contributed by atoms with Gasteiger partial charge >= 0.3 is 0 Å². The quantitative estimate of drug-likeness (QED) is 0.644. The highest BCUT2D eigenvalue weighted by Gasteiger charge is 2.25. The molecule has 4 rings (SSSR count). The van der Waals surface area contributed by atoms with Crippen molar-refractivity contribution in [2.24, 2.45) is 0 Å². The molecule has 1 atom stereocenters. The van der Waals surface area contributed by atoms with E-state index in [0.29, 0.717) is 38.0 Å². The second-order valence-corrected chi connectivity index (χ2v) is 9.10. The number of thiophene rings is 1. The van der Waals surface area contributed by atoms with Crippen molar-refractivity contribution >= 4 is 50.8 Å². The number of aromatic nitrogens is 3. The van der Waals surface area contributed by atoms with E-state index >= 15 is 0 Å². The van der Waals surface area contributed by atoms with Crippen LogP contribution in [-0.2, 0) is 11.3 Å². The summed E-state index contributed by atoms with van der Waals surface area (Å²) in [5.74, 6) is -0.104. The maximum absolute atomic E-state index is 13.1. The molecule has 1 aliphatic rings. The van der Waals surface area contributed by atoms with Gasteiger partial charge in [0.05, 0.1) is 21.6 Å². The lowest BCUT2D eigenvalue weighted by Gasteiger charge is -2.33. The first-order valence-electron chi connectivity index (χ1n) is 10.1. The SMILES string of the molecule is Cc1c(C(=O)Nc2ccc(Cl)cn2)sc2ncn(CC(=O)N3CCCCC3C)c(=O)c12. The van der Waals surface area contributed by atoms with Crippen LogP contribution in [0.25, 0.3) is 10.2 Å². The lowest BCUT2D eigenvalue weighted by Crippen LogP contribution is -2.44. The number of aryl methyl sites for hydroxylation is 1. The summed E-state index contributed by atoms with van der Waals surface area (Å²) in [7, 11) is 0. The van der Waals surface area contributed by atoms with Gasteiger partial charge in [0.2, 0.25) is 5.91 Å². The van der Waals surface area contributed by atoms with Gasteiger partial charge in [-0.3, -0.25) is 19.0 Å². The number of fused-ring (bicyclic) bond motifs is 1. The maximum Gasteiger partial charge on any atom is 0.267 e. The molecule has 31 heavy (non-hydrogen) atoms. The molecule has 1 N–H and O–H groups in total. The van der Waals surface area contributed by atoms with Crippen molar-refractivity contribution in [3.8, 4) is 0 Å². The van der Waals surface area contributed by atoms with E-state index in [9.17, 15) is 14.4 Å². The first-order chi connectivity index (χ1) is 14.8. The molecule has 0 aromatic carbocycles. The molecule has 3 aromatic heterocycles. The fourth-order valence-electron chi connectivity index (χ4n) is 3.82. The second-order valence-electron chi connectivity index (χ2n) is 7.66. The third-order valence-electron chi connectivity index (χ3n) is 5.52. The Morgan fingerprint density at radius 3 is 2.81 bits per heavy atom. The molecule has 3 aromatic rings. The van der Waals surface area contributed by atoms with Crippen molar-refractivity contribution in [3.63, 3.8) is 0 Å². The number of hydrogen-bond acceptors (Lipinski definition) is 6. The van der Waals surface area contributed by atoms with E-state index in [4.69, 9.17) is 11.6 Å². The molecule has 0 aliphatic carbocycles. The van der Waals surface area contributed by atoms with E-state index in [-0.39, 0.29) is 30.0 Å². The molecule has 0 bridgehead atoms. The molecule has 2 amide bonds. The summed E-state index contributed by atoms with van der Waals surface area (Å²) in [4.78, 5) is 49.6. The predicted molar refractivity (Wildman–Crippen MR) is 121 cm³/mol. The highest BCUT2D eigenvalue weighted by atomic mass is 35.5. The van der Waals surface area contributed by atoms with Gasteiger partial charge in [-0.2, -0.15) is 0 Å². The van der Waals surface area contributed by atoms with Crippen molar-refractivity contribution in [2.75, 3.05) is 11.9 Å². The molecular formula is C21H22ClN5O3S. The average molecular weight is 460 g/mol. The van der Waals surface area contributed by atoms with E-state index < -0.39 is 0 Å². The molecule has 8 nitrogen and oxygen atoms in total. The summed E-state index contributed by atoms with van der Waals surface area (Å²) in [6, 6.07) is 3.40. The lowest BCUT2D eigenvalue weighted by atomic mass is 10.0. The zero-order valence-corrected chi connectivity index (χ0v) is 18.8. The van der Waals surface area contributed by atoms with Gasteiger partial charge in [0.15, 0.2) is 0 Å². The van der Waals surface area contributed by atoms with Crippen LogP contribution < -0.4 is 10.9 Å². The maximum atomic E-state index is 13.1. The van der Waals surface area contributed by atoms with Crippen molar-refractivity contribution in [1.82, 2.24) is 19.4 Å². The van der Waals surface area contributed by atoms with E-state index in [1.165, 1.54) is 17.1 Å². The van der Waals surface area contributed by atoms with Gasteiger partial charge in [-0.05, 0) is 50.8 Å². The summed E-state index contributed by atoms with van der Waals surface area (Å²) in [5, 5.41) is 3.53. The number of hydrogen-bond donors (Lipinski definition) is 1. The van der Waals surface area contributed by atoms with Crippen molar-refractivity contribution in [3.05, 3.63) is 50.5 Å². The monoisotopic (exact) mass is 459 g/mol. The molecule has 10 heteroatoms. The summed E-state index contributed by atoms with van der Waals surface area (Å²) < 4.78 is 1.33. The van der Waals surface area contributed by atoms with Crippen LogP contribution in [0.3, 0.4) is 0 Å². The summed E-state index contributed by atoms with van der Waals surface area (Å²) in [6.07, 6.45) is 5.89. The minimum absolute atomic E-state index is 0.0579. The molecule has 0 spiro atoms. The van der Waals surface area contributed by atoms with E-state index in [2.05, 4.69) is 15.3 Å². The molecule has 1 saturated heterocycles. The Kier molecular flexibility index (Phi) is 6.06. The third kappa shape index (κ3) is 4.33. The molecule has 0 radical (unpaired) electrons. The van der Waals surface area contributed by atoms with E-state index in [1.54, 1.807) is 19.1 Å². The Morgan fingerprint density at radius 2 is 2.10 bits per heavy atom. The Hall–Kier alpha value is -2.78. The van der Waals surface area contributed by atoms with Crippen LogP contribution in [0.15, 0.2) is 29.5 Å². The Balaban J connectivity index is 1.60. The van der Waals surface area contributed by atoms with Gasteiger partial charge < -0.3 is 10.2 Å². The van der Waals surface area contributed by atoms with Gasteiger partial charge in [0.25, 0.3) is 11.5 Å². The van der Waals surface area contributed by atoms with Crippen molar-refractivity contribution in [1.29, 1.82) is 0 Å². The fraction of sp³-hybridized carbons (Fsp3) is 0.381. The van der Waals surface area contributed by atoms with Gasteiger partial charge in [0.1, 0.15) is 17.2 Å². The van der Waals surface area contributed by atoms with Gasteiger partial charge in [0, 0.05) is 18.8 Å². The van der Waals surface area contributed by atoms with Crippen LogP contribution >= 0.6 is 22.9 Å². The Bertz CT molecular complexity index is 1200. The van der Waals surface area contributed by atoms with Crippen LogP contribution in [0, 0.1) is 6.92 Å². The van der Waals surface area contributed by atoms with Crippen molar-refractivity contribution in [2.45, 2.75) is 45.7 Å². The molecule has 0 saturated carbocycles. The smallest absolute Gasteiger partial charge is 0.267 e. The summed E-state index contributed by atoms with van der Waals surface area (Å²) >= 11 is 6.96. The predicted octanol–water partition coefficient (Wildman–Crippen LogP) is 3.47. The van der Waals surface area contributed by atoms with Crippen molar-refractivity contribution < 1.29 is 9.59 Å². The molecule has 1 aliphatic heterocycles. The molecule has 4 heterocycles. The number of anilines is 1. The standard InChI is InChI=1S/C21H22ClN5O3S/c1-12-5-3-4-8-27(12)16(28)10-26-11-24-20-17(21(26)30)13(2)18(31-20)19(29)25-15-7-6-14(22)9-23-15/h6-7,9,11-12H,3-5,8,10H2,1-2H3,(H,23,25,29). The first-order valence-corrected chi connectivity index (χ1v) is 11.3. The zero-order chi connectivity index (χ0) is 22.1. The number of piperidine rings is 1.